The Bertz CT molecular complexity index is 841. The maximum absolute atomic E-state index is 11.8. The summed E-state index contributed by atoms with van der Waals surface area (Å²) >= 11 is 6.17. The van der Waals surface area contributed by atoms with Gasteiger partial charge in [0, 0.05) is 6.54 Å². The highest BCUT2D eigenvalue weighted by molar-refractivity contribution is 6.35. The van der Waals surface area contributed by atoms with Crippen molar-refractivity contribution in [2.45, 2.75) is 13.3 Å². The van der Waals surface area contributed by atoms with Gasteiger partial charge >= 0.3 is 11.8 Å². The third-order valence-electron chi connectivity index (χ3n) is 3.67. The molecule has 0 aliphatic rings. The van der Waals surface area contributed by atoms with Crippen LogP contribution >= 0.6 is 11.6 Å². The highest BCUT2D eigenvalue weighted by Gasteiger charge is 2.13. The second-order valence-corrected chi connectivity index (χ2v) is 6.06. The number of carbonyl (C=O) groups is 2. The van der Waals surface area contributed by atoms with Gasteiger partial charge in [0.1, 0.15) is 0 Å². The number of benzene rings is 2. The van der Waals surface area contributed by atoms with E-state index >= 15 is 0 Å². The van der Waals surface area contributed by atoms with Gasteiger partial charge in [0.15, 0.2) is 11.5 Å². The lowest BCUT2D eigenvalue weighted by Gasteiger charge is -2.11. The average molecular weight is 404 g/mol. The second kappa shape index (κ2) is 10.9. The third kappa shape index (κ3) is 6.28. The number of carbonyl (C=O) groups excluding carboxylic acids is 2. The lowest BCUT2D eigenvalue weighted by Crippen LogP contribution is -2.38. The molecule has 2 amide bonds. The van der Waals surface area contributed by atoms with Crippen molar-refractivity contribution < 1.29 is 19.1 Å². The largest absolute Gasteiger partial charge is 0.493 e. The molecule has 0 saturated carbocycles. The monoisotopic (exact) mass is 403 g/mol. The molecule has 0 atom stereocenters. The molecular formula is C20H22ClN3O4. The first kappa shape index (κ1) is 21.2. The zero-order valence-electron chi connectivity index (χ0n) is 15.7. The van der Waals surface area contributed by atoms with Gasteiger partial charge in [0.05, 0.1) is 25.0 Å². The third-order valence-corrected chi connectivity index (χ3v) is 3.95. The molecule has 0 spiro atoms. The Hall–Kier alpha value is -3.06. The SMILES string of the molecule is CCOc1c(Cl)cc(/C=N\NC(=O)C(=O)NCCc2ccccc2)cc1OC. The van der Waals surface area contributed by atoms with Gasteiger partial charge in [-0.25, -0.2) is 5.43 Å². The van der Waals surface area contributed by atoms with Crippen LogP contribution in [0.3, 0.4) is 0 Å². The molecule has 2 rings (SSSR count). The fraction of sp³-hybridized carbons (Fsp3) is 0.250. The van der Waals surface area contributed by atoms with Crippen LogP contribution in [0.15, 0.2) is 47.6 Å². The first-order valence-electron chi connectivity index (χ1n) is 8.70. The predicted molar refractivity (Wildman–Crippen MR) is 108 cm³/mol. The van der Waals surface area contributed by atoms with E-state index in [2.05, 4.69) is 15.8 Å². The number of nitrogens with one attached hydrogen (secondary N) is 2. The van der Waals surface area contributed by atoms with E-state index in [1.807, 2.05) is 37.3 Å². The minimum absolute atomic E-state index is 0.353. The summed E-state index contributed by atoms with van der Waals surface area (Å²) in [5, 5.41) is 6.68. The maximum atomic E-state index is 11.8. The van der Waals surface area contributed by atoms with Crippen molar-refractivity contribution in [2.75, 3.05) is 20.3 Å². The number of amides is 2. The molecule has 0 bridgehead atoms. The minimum atomic E-state index is -0.853. The molecule has 0 unspecified atom stereocenters. The number of nitrogens with zero attached hydrogens (tertiary/aromatic N) is 1. The Kier molecular flexibility index (Phi) is 8.30. The molecule has 0 aliphatic carbocycles. The molecular weight excluding hydrogens is 382 g/mol. The van der Waals surface area contributed by atoms with Crippen LogP contribution < -0.4 is 20.2 Å². The molecule has 0 fully saturated rings. The fourth-order valence-corrected chi connectivity index (χ4v) is 2.63. The predicted octanol–water partition coefficient (Wildman–Crippen LogP) is 2.56. The molecule has 28 heavy (non-hydrogen) atoms. The van der Waals surface area contributed by atoms with Crippen molar-refractivity contribution in [3.8, 4) is 11.5 Å². The average Bonchev–Trinajstić information content (AvgIpc) is 2.70. The van der Waals surface area contributed by atoms with Crippen molar-refractivity contribution in [3.63, 3.8) is 0 Å². The van der Waals surface area contributed by atoms with Crippen LogP contribution in [0.5, 0.6) is 11.5 Å². The Morgan fingerprint density at radius 3 is 2.61 bits per heavy atom. The zero-order valence-corrected chi connectivity index (χ0v) is 16.5. The van der Waals surface area contributed by atoms with Crippen LogP contribution in [-0.2, 0) is 16.0 Å². The summed E-state index contributed by atoms with van der Waals surface area (Å²) in [5.41, 5.74) is 3.83. The standard InChI is InChI=1S/C20H22ClN3O4/c1-3-28-18-16(21)11-15(12-17(18)27-2)13-23-24-20(26)19(25)22-10-9-14-7-5-4-6-8-14/h4-8,11-13H,3,9-10H2,1-2H3,(H,22,25)(H,24,26)/b23-13-. The topological polar surface area (TPSA) is 89.0 Å². The maximum Gasteiger partial charge on any atom is 0.329 e. The molecule has 2 N–H and O–H groups in total. The van der Waals surface area contributed by atoms with Crippen molar-refractivity contribution in [2.24, 2.45) is 5.10 Å². The number of rotatable bonds is 8. The summed E-state index contributed by atoms with van der Waals surface area (Å²) in [5.74, 6) is -0.727. The van der Waals surface area contributed by atoms with Gasteiger partial charge < -0.3 is 14.8 Å². The van der Waals surface area contributed by atoms with Crippen LogP contribution in [0.1, 0.15) is 18.1 Å². The molecule has 0 radical (unpaired) electrons. The molecule has 7 nitrogen and oxygen atoms in total. The van der Waals surface area contributed by atoms with E-state index in [1.165, 1.54) is 13.3 Å². The lowest BCUT2D eigenvalue weighted by molar-refractivity contribution is -0.139. The molecule has 8 heteroatoms. The van der Waals surface area contributed by atoms with E-state index in [1.54, 1.807) is 12.1 Å². The number of hydrogen-bond donors (Lipinski definition) is 2. The molecule has 2 aromatic rings. The summed E-state index contributed by atoms with van der Waals surface area (Å²) in [4.78, 5) is 23.6. The van der Waals surface area contributed by atoms with Gasteiger partial charge in [-0.3, -0.25) is 9.59 Å². The number of halogens is 1. The highest BCUT2D eigenvalue weighted by atomic mass is 35.5. The van der Waals surface area contributed by atoms with Gasteiger partial charge in [0.2, 0.25) is 0 Å². The summed E-state index contributed by atoms with van der Waals surface area (Å²) < 4.78 is 10.7. The zero-order chi connectivity index (χ0) is 20.4. The first-order valence-corrected chi connectivity index (χ1v) is 9.08. The minimum Gasteiger partial charge on any atom is -0.493 e. The first-order chi connectivity index (χ1) is 13.5. The van der Waals surface area contributed by atoms with Gasteiger partial charge in [0.25, 0.3) is 0 Å². The van der Waals surface area contributed by atoms with Crippen molar-refractivity contribution >= 4 is 29.6 Å². The molecule has 148 valence electrons. The van der Waals surface area contributed by atoms with Crippen LogP contribution in [0.25, 0.3) is 0 Å². The summed E-state index contributed by atoms with van der Waals surface area (Å²) in [6, 6.07) is 12.9. The summed E-state index contributed by atoms with van der Waals surface area (Å²) in [6.07, 6.45) is 1.99. The van der Waals surface area contributed by atoms with Gasteiger partial charge in [-0.1, -0.05) is 41.9 Å². The smallest absolute Gasteiger partial charge is 0.329 e. The van der Waals surface area contributed by atoms with Gasteiger partial charge in [-0.05, 0) is 36.6 Å². The number of hydrazone groups is 1. The Balaban J connectivity index is 1.86. The van der Waals surface area contributed by atoms with Gasteiger partial charge in [-0.15, -0.1) is 0 Å². The van der Waals surface area contributed by atoms with E-state index in [9.17, 15) is 9.59 Å². The van der Waals surface area contributed by atoms with Crippen LogP contribution in [0, 0.1) is 0 Å². The van der Waals surface area contributed by atoms with E-state index in [0.29, 0.717) is 41.7 Å². The normalized spacial score (nSPS) is 10.5. The van der Waals surface area contributed by atoms with Crippen LogP contribution in [0.4, 0.5) is 0 Å². The van der Waals surface area contributed by atoms with Gasteiger partial charge in [-0.2, -0.15) is 5.10 Å². The quantitative estimate of drug-likeness (QED) is 0.402. The van der Waals surface area contributed by atoms with Crippen LogP contribution in [-0.4, -0.2) is 38.3 Å². The number of ether oxygens (including phenoxy) is 2. The molecule has 2 aromatic carbocycles. The highest BCUT2D eigenvalue weighted by Crippen LogP contribution is 2.35. The molecule has 0 aromatic heterocycles. The lowest BCUT2D eigenvalue weighted by atomic mass is 10.1. The van der Waals surface area contributed by atoms with E-state index in [-0.39, 0.29) is 0 Å². The number of methoxy groups -OCH3 is 1. The molecule has 0 heterocycles. The van der Waals surface area contributed by atoms with Crippen molar-refractivity contribution in [1.29, 1.82) is 0 Å². The summed E-state index contributed by atoms with van der Waals surface area (Å²) in [6.45, 7) is 2.64. The second-order valence-electron chi connectivity index (χ2n) is 5.66. The molecule has 0 aliphatic heterocycles. The van der Waals surface area contributed by atoms with Crippen molar-refractivity contribution in [1.82, 2.24) is 10.7 Å². The van der Waals surface area contributed by atoms with Crippen LogP contribution in [0.2, 0.25) is 5.02 Å². The van der Waals surface area contributed by atoms with E-state index in [0.717, 1.165) is 5.56 Å². The Labute approximate surface area is 168 Å². The van der Waals surface area contributed by atoms with Crippen molar-refractivity contribution in [3.05, 3.63) is 58.6 Å². The number of hydrogen-bond acceptors (Lipinski definition) is 5. The Morgan fingerprint density at radius 2 is 1.93 bits per heavy atom. The fourth-order valence-electron chi connectivity index (χ4n) is 2.36. The van der Waals surface area contributed by atoms with E-state index < -0.39 is 11.8 Å². The summed E-state index contributed by atoms with van der Waals surface area (Å²) in [7, 11) is 1.50. The molecule has 0 saturated heterocycles. The van der Waals surface area contributed by atoms with E-state index in [4.69, 9.17) is 21.1 Å². The Morgan fingerprint density at radius 1 is 1.18 bits per heavy atom.